The number of rotatable bonds is 3. The highest BCUT2D eigenvalue weighted by Crippen LogP contribution is 2.31. The van der Waals surface area contributed by atoms with Crippen molar-refractivity contribution in [2.75, 3.05) is 0 Å². The van der Waals surface area contributed by atoms with Gasteiger partial charge < -0.3 is 5.32 Å². The summed E-state index contributed by atoms with van der Waals surface area (Å²) in [4.78, 5) is 13.0. The van der Waals surface area contributed by atoms with Gasteiger partial charge in [0.25, 0.3) is 5.91 Å². The molecule has 0 unspecified atom stereocenters. The van der Waals surface area contributed by atoms with Crippen molar-refractivity contribution in [2.24, 2.45) is 0 Å². The summed E-state index contributed by atoms with van der Waals surface area (Å²) in [5.74, 6) is -0.583. The van der Waals surface area contributed by atoms with Crippen LogP contribution in [0.3, 0.4) is 0 Å². The minimum atomic E-state index is -0.340. The highest BCUT2D eigenvalue weighted by Gasteiger charge is 2.26. The van der Waals surface area contributed by atoms with Crippen LogP contribution in [0.1, 0.15) is 46.1 Å². The predicted octanol–water partition coefficient (Wildman–Crippen LogP) is 4.78. The fourth-order valence-electron chi connectivity index (χ4n) is 3.64. The van der Waals surface area contributed by atoms with Gasteiger partial charge in [-0.05, 0) is 61.6 Å². The monoisotopic (exact) mass is 383 g/mol. The molecule has 6 heteroatoms. The Bertz CT molecular complexity index is 997. The van der Waals surface area contributed by atoms with Crippen LogP contribution < -0.4 is 5.32 Å². The number of carbonyl (C=O) groups excluding carboxylic acids is 1. The lowest BCUT2D eigenvalue weighted by Crippen LogP contribution is -2.31. The molecule has 0 bridgehead atoms. The van der Waals surface area contributed by atoms with Crippen LogP contribution in [0, 0.1) is 12.7 Å². The van der Waals surface area contributed by atoms with E-state index in [-0.39, 0.29) is 22.9 Å². The third kappa shape index (κ3) is 3.35. The van der Waals surface area contributed by atoms with Crippen LogP contribution in [0.4, 0.5) is 4.39 Å². The highest BCUT2D eigenvalue weighted by atomic mass is 35.5. The van der Waals surface area contributed by atoms with E-state index in [2.05, 4.69) is 22.5 Å². The molecule has 2 aromatic carbocycles. The number of nitrogens with one attached hydrogen (secondary N) is 1. The summed E-state index contributed by atoms with van der Waals surface area (Å²) >= 11 is 6.46. The van der Waals surface area contributed by atoms with Gasteiger partial charge in [0, 0.05) is 0 Å². The van der Waals surface area contributed by atoms with E-state index in [1.165, 1.54) is 22.4 Å². The summed E-state index contributed by atoms with van der Waals surface area (Å²) in [5, 5.41) is 7.70. The molecule has 1 heterocycles. The lowest BCUT2D eigenvalue weighted by Gasteiger charge is -2.26. The van der Waals surface area contributed by atoms with Gasteiger partial charge in [0.2, 0.25) is 0 Å². The van der Waals surface area contributed by atoms with E-state index in [1.54, 1.807) is 19.1 Å². The summed E-state index contributed by atoms with van der Waals surface area (Å²) in [6.07, 6.45) is 2.96. The molecule has 0 saturated carbocycles. The molecular weight excluding hydrogens is 365 g/mol. The maximum atomic E-state index is 13.2. The van der Waals surface area contributed by atoms with E-state index in [0.29, 0.717) is 16.9 Å². The summed E-state index contributed by atoms with van der Waals surface area (Å²) in [6.45, 7) is 1.75. The van der Waals surface area contributed by atoms with Gasteiger partial charge >= 0.3 is 0 Å². The zero-order valence-corrected chi connectivity index (χ0v) is 15.6. The topological polar surface area (TPSA) is 46.9 Å². The van der Waals surface area contributed by atoms with Gasteiger partial charge in [-0.2, -0.15) is 5.10 Å². The van der Waals surface area contributed by atoms with Crippen LogP contribution in [0.15, 0.2) is 48.5 Å². The molecule has 1 aliphatic rings. The molecule has 1 aromatic heterocycles. The minimum absolute atomic E-state index is 0.0351. The molecule has 138 valence electrons. The summed E-state index contributed by atoms with van der Waals surface area (Å²) < 4.78 is 14.6. The normalized spacial score (nSPS) is 16.0. The van der Waals surface area contributed by atoms with Gasteiger partial charge in [-0.15, -0.1) is 0 Å². The van der Waals surface area contributed by atoms with E-state index in [0.717, 1.165) is 24.8 Å². The third-order valence-electron chi connectivity index (χ3n) is 4.98. The van der Waals surface area contributed by atoms with E-state index >= 15 is 0 Å². The molecule has 0 spiro atoms. The van der Waals surface area contributed by atoms with Gasteiger partial charge in [0.15, 0.2) is 0 Å². The quantitative estimate of drug-likeness (QED) is 0.707. The Morgan fingerprint density at radius 3 is 2.74 bits per heavy atom. The minimum Gasteiger partial charge on any atom is -0.345 e. The molecule has 0 aliphatic heterocycles. The summed E-state index contributed by atoms with van der Waals surface area (Å²) in [6, 6.07) is 14.0. The number of halogens is 2. The van der Waals surface area contributed by atoms with Gasteiger partial charge in [-0.3, -0.25) is 4.79 Å². The van der Waals surface area contributed by atoms with Gasteiger partial charge in [0.05, 0.1) is 23.0 Å². The average Bonchev–Trinajstić information content (AvgIpc) is 2.97. The Morgan fingerprint density at radius 2 is 1.96 bits per heavy atom. The standard InChI is InChI=1S/C21H19ClFN3O/c1-13-19(20(22)26(25-13)16-11-9-15(23)10-12-16)21(27)24-18-8-4-6-14-5-2-3-7-17(14)18/h2-3,5,7,9-12,18H,4,6,8H2,1H3,(H,24,27)/t18-/m0/s1. The lowest BCUT2D eigenvalue weighted by atomic mass is 9.87. The largest absolute Gasteiger partial charge is 0.345 e. The molecule has 3 aromatic rings. The molecule has 4 rings (SSSR count). The Kier molecular flexibility index (Phi) is 4.70. The molecule has 1 N–H and O–H groups in total. The molecule has 0 radical (unpaired) electrons. The first-order valence-electron chi connectivity index (χ1n) is 8.94. The summed E-state index contributed by atoms with van der Waals surface area (Å²) in [7, 11) is 0. The first-order chi connectivity index (χ1) is 13.0. The molecular formula is C21H19ClFN3O. The van der Waals surface area contributed by atoms with E-state index in [4.69, 9.17) is 11.6 Å². The number of hydrogen-bond donors (Lipinski definition) is 1. The van der Waals surface area contributed by atoms with Crippen LogP contribution in [-0.2, 0) is 6.42 Å². The van der Waals surface area contributed by atoms with Crippen molar-refractivity contribution in [1.82, 2.24) is 15.1 Å². The fraction of sp³-hybridized carbons (Fsp3) is 0.238. The third-order valence-corrected chi connectivity index (χ3v) is 5.33. The number of hydrogen-bond acceptors (Lipinski definition) is 2. The highest BCUT2D eigenvalue weighted by molar-refractivity contribution is 6.33. The van der Waals surface area contributed by atoms with E-state index < -0.39 is 0 Å². The first kappa shape index (κ1) is 17.7. The van der Waals surface area contributed by atoms with Crippen molar-refractivity contribution in [3.05, 3.63) is 81.9 Å². The van der Waals surface area contributed by atoms with Crippen molar-refractivity contribution >= 4 is 17.5 Å². The lowest BCUT2D eigenvalue weighted by molar-refractivity contribution is 0.0932. The number of aryl methyl sites for hydroxylation is 2. The number of benzene rings is 2. The van der Waals surface area contributed by atoms with Crippen LogP contribution in [0.25, 0.3) is 5.69 Å². The maximum Gasteiger partial charge on any atom is 0.256 e. The van der Waals surface area contributed by atoms with Crippen molar-refractivity contribution < 1.29 is 9.18 Å². The predicted molar refractivity (Wildman–Crippen MR) is 103 cm³/mol. The zero-order chi connectivity index (χ0) is 19.0. The van der Waals surface area contributed by atoms with Gasteiger partial charge in [-0.25, -0.2) is 9.07 Å². The number of fused-ring (bicyclic) bond motifs is 1. The van der Waals surface area contributed by atoms with Gasteiger partial charge in [-0.1, -0.05) is 35.9 Å². The second-order valence-corrected chi connectivity index (χ2v) is 7.11. The van der Waals surface area contributed by atoms with Crippen LogP contribution in [0.2, 0.25) is 5.15 Å². The van der Waals surface area contributed by atoms with Crippen LogP contribution >= 0.6 is 11.6 Å². The number of amides is 1. The number of nitrogens with zero attached hydrogens (tertiary/aromatic N) is 2. The first-order valence-corrected chi connectivity index (χ1v) is 9.32. The number of carbonyl (C=O) groups is 1. The summed E-state index contributed by atoms with van der Waals surface area (Å²) in [5.41, 5.74) is 3.93. The van der Waals surface area contributed by atoms with Crippen LogP contribution in [0.5, 0.6) is 0 Å². The van der Waals surface area contributed by atoms with Crippen molar-refractivity contribution in [1.29, 1.82) is 0 Å². The number of aromatic nitrogens is 2. The van der Waals surface area contributed by atoms with Crippen molar-refractivity contribution in [3.63, 3.8) is 0 Å². The Morgan fingerprint density at radius 1 is 1.22 bits per heavy atom. The Hall–Kier alpha value is -2.66. The molecule has 4 nitrogen and oxygen atoms in total. The van der Waals surface area contributed by atoms with E-state index in [1.807, 2.05) is 12.1 Å². The molecule has 1 aliphatic carbocycles. The Balaban J connectivity index is 1.63. The van der Waals surface area contributed by atoms with Crippen molar-refractivity contribution in [2.45, 2.75) is 32.2 Å². The molecule has 27 heavy (non-hydrogen) atoms. The van der Waals surface area contributed by atoms with E-state index in [9.17, 15) is 9.18 Å². The molecule has 1 amide bonds. The molecule has 1 atom stereocenters. The average molecular weight is 384 g/mol. The van der Waals surface area contributed by atoms with Crippen LogP contribution in [-0.4, -0.2) is 15.7 Å². The van der Waals surface area contributed by atoms with Gasteiger partial charge in [0.1, 0.15) is 11.0 Å². The Labute approximate surface area is 162 Å². The molecule has 0 fully saturated rings. The maximum absolute atomic E-state index is 13.2. The molecule has 0 saturated heterocycles. The van der Waals surface area contributed by atoms with Crippen molar-refractivity contribution in [3.8, 4) is 5.69 Å². The fourth-order valence-corrected chi connectivity index (χ4v) is 4.00. The SMILES string of the molecule is Cc1nn(-c2ccc(F)cc2)c(Cl)c1C(=O)N[C@H]1CCCc2ccccc21. The smallest absolute Gasteiger partial charge is 0.256 e. The zero-order valence-electron chi connectivity index (χ0n) is 14.9. The second-order valence-electron chi connectivity index (χ2n) is 6.76. The second kappa shape index (κ2) is 7.16.